The van der Waals surface area contributed by atoms with E-state index in [1.807, 2.05) is 19.1 Å². The predicted molar refractivity (Wildman–Crippen MR) is 115 cm³/mol. The van der Waals surface area contributed by atoms with Crippen LogP contribution in [0.25, 0.3) is 32.5 Å². The summed E-state index contributed by atoms with van der Waals surface area (Å²) in [6.45, 7) is 2.02. The molecule has 28 heavy (non-hydrogen) atoms. The van der Waals surface area contributed by atoms with Gasteiger partial charge in [-0.05, 0) is 41.5 Å². The third-order valence-corrected chi connectivity index (χ3v) is 5.70. The van der Waals surface area contributed by atoms with Crippen molar-refractivity contribution in [2.45, 2.75) is 6.92 Å². The van der Waals surface area contributed by atoms with Gasteiger partial charge in [0.25, 0.3) is 0 Å². The Labute approximate surface area is 168 Å². The van der Waals surface area contributed by atoms with E-state index in [-0.39, 0.29) is 0 Å². The minimum Gasteiger partial charge on any atom is -0.493 e. The summed E-state index contributed by atoms with van der Waals surface area (Å²) in [7, 11) is 4.85. The van der Waals surface area contributed by atoms with Crippen LogP contribution in [0, 0.1) is 6.92 Å². The van der Waals surface area contributed by atoms with Crippen molar-refractivity contribution in [3.8, 4) is 38.9 Å². The van der Waals surface area contributed by atoms with E-state index < -0.39 is 0 Å². The first-order valence-corrected chi connectivity index (χ1v) is 9.73. The number of aryl methyl sites for hydroxylation is 1. The first-order valence-electron chi connectivity index (χ1n) is 8.91. The van der Waals surface area contributed by atoms with Crippen molar-refractivity contribution in [2.75, 3.05) is 21.3 Å². The molecule has 3 aromatic carbocycles. The van der Waals surface area contributed by atoms with Crippen LogP contribution in [0.5, 0.6) is 17.2 Å². The van der Waals surface area contributed by atoms with Crippen molar-refractivity contribution >= 4 is 22.1 Å². The molecule has 5 heteroatoms. The van der Waals surface area contributed by atoms with Gasteiger partial charge in [-0.2, -0.15) is 0 Å². The molecule has 4 nitrogen and oxygen atoms in total. The molecule has 4 aromatic rings. The van der Waals surface area contributed by atoms with Gasteiger partial charge in [-0.25, -0.2) is 4.98 Å². The Morgan fingerprint density at radius 3 is 2.07 bits per heavy atom. The monoisotopic (exact) mass is 391 g/mol. The van der Waals surface area contributed by atoms with Gasteiger partial charge in [0.15, 0.2) is 11.5 Å². The smallest absolute Gasteiger partial charge is 0.203 e. The van der Waals surface area contributed by atoms with E-state index in [0.717, 1.165) is 26.7 Å². The van der Waals surface area contributed by atoms with Crippen molar-refractivity contribution in [3.63, 3.8) is 0 Å². The molecule has 0 atom stereocenters. The van der Waals surface area contributed by atoms with Crippen molar-refractivity contribution in [2.24, 2.45) is 0 Å². The minimum absolute atomic E-state index is 0.577. The molecule has 0 bridgehead atoms. The lowest BCUT2D eigenvalue weighted by atomic mass is 10.0. The number of ether oxygens (including phenoxy) is 3. The molecule has 0 unspecified atom stereocenters. The second kappa shape index (κ2) is 7.52. The fourth-order valence-electron chi connectivity index (χ4n) is 3.37. The average Bonchev–Trinajstić information content (AvgIpc) is 3.13. The van der Waals surface area contributed by atoms with Gasteiger partial charge < -0.3 is 14.2 Å². The number of hydrogen-bond acceptors (Lipinski definition) is 5. The Bertz CT molecular complexity index is 1120. The number of thiazole rings is 1. The zero-order valence-electron chi connectivity index (χ0n) is 16.3. The second-order valence-corrected chi connectivity index (χ2v) is 7.59. The van der Waals surface area contributed by atoms with Gasteiger partial charge in [-0.3, -0.25) is 0 Å². The Kier molecular flexibility index (Phi) is 4.92. The number of aromatic nitrogens is 1. The fourth-order valence-corrected chi connectivity index (χ4v) is 4.30. The molecule has 0 aliphatic rings. The van der Waals surface area contributed by atoms with Crippen molar-refractivity contribution < 1.29 is 14.2 Å². The molecule has 0 amide bonds. The molecule has 0 saturated heterocycles. The Hall–Kier alpha value is -3.05. The molecule has 0 saturated carbocycles. The SMILES string of the molecule is COc1cc(-c2nc(C)sc2-c2ccc3ccccc3c2)cc(OC)c1OC. The molecule has 4 rings (SSSR count). The van der Waals surface area contributed by atoms with Crippen molar-refractivity contribution in [1.82, 2.24) is 4.98 Å². The molecule has 0 aliphatic heterocycles. The predicted octanol–water partition coefficient (Wildman–Crippen LogP) is 5.96. The van der Waals surface area contributed by atoms with Crippen LogP contribution in [0.4, 0.5) is 0 Å². The number of methoxy groups -OCH3 is 3. The van der Waals surface area contributed by atoms with Crippen LogP contribution in [-0.4, -0.2) is 26.3 Å². The minimum atomic E-state index is 0.577. The number of nitrogens with zero attached hydrogens (tertiary/aromatic N) is 1. The first kappa shape index (κ1) is 18.3. The topological polar surface area (TPSA) is 40.6 Å². The van der Waals surface area contributed by atoms with Crippen LogP contribution >= 0.6 is 11.3 Å². The summed E-state index contributed by atoms with van der Waals surface area (Å²) in [5.41, 5.74) is 2.99. The Balaban J connectivity index is 1.90. The fraction of sp³-hybridized carbons (Fsp3) is 0.174. The van der Waals surface area contributed by atoms with Crippen LogP contribution in [-0.2, 0) is 0 Å². The van der Waals surface area contributed by atoms with E-state index in [9.17, 15) is 0 Å². The second-order valence-electron chi connectivity index (χ2n) is 6.39. The van der Waals surface area contributed by atoms with Crippen LogP contribution in [0.3, 0.4) is 0 Å². The standard InChI is InChI=1S/C23H21NO3S/c1-14-24-21(18-12-19(25-2)22(27-4)20(13-18)26-3)23(28-14)17-10-9-15-7-5-6-8-16(15)11-17/h5-13H,1-4H3. The first-order chi connectivity index (χ1) is 13.6. The molecule has 0 spiro atoms. The summed E-state index contributed by atoms with van der Waals surface area (Å²) >= 11 is 1.68. The van der Waals surface area contributed by atoms with Gasteiger partial charge in [0, 0.05) is 5.56 Å². The molecule has 1 aromatic heterocycles. The lowest BCUT2D eigenvalue weighted by Gasteiger charge is -2.14. The van der Waals surface area contributed by atoms with E-state index in [4.69, 9.17) is 19.2 Å². The highest BCUT2D eigenvalue weighted by Crippen LogP contribution is 2.44. The quantitative estimate of drug-likeness (QED) is 0.421. The maximum atomic E-state index is 5.52. The van der Waals surface area contributed by atoms with E-state index in [1.54, 1.807) is 32.7 Å². The van der Waals surface area contributed by atoms with Gasteiger partial charge in [-0.1, -0.05) is 36.4 Å². The van der Waals surface area contributed by atoms with Crippen molar-refractivity contribution in [1.29, 1.82) is 0 Å². The zero-order chi connectivity index (χ0) is 19.7. The summed E-state index contributed by atoms with van der Waals surface area (Å²) in [5, 5.41) is 3.44. The van der Waals surface area contributed by atoms with Crippen LogP contribution in [0.1, 0.15) is 5.01 Å². The number of fused-ring (bicyclic) bond motifs is 1. The van der Waals surface area contributed by atoms with Gasteiger partial charge in [0.05, 0.1) is 36.9 Å². The summed E-state index contributed by atoms with van der Waals surface area (Å²) in [4.78, 5) is 5.93. The van der Waals surface area contributed by atoms with Gasteiger partial charge >= 0.3 is 0 Å². The van der Waals surface area contributed by atoms with Gasteiger partial charge in [0.2, 0.25) is 5.75 Å². The maximum Gasteiger partial charge on any atom is 0.203 e. The van der Waals surface area contributed by atoms with E-state index in [2.05, 4.69) is 42.5 Å². The third kappa shape index (κ3) is 3.18. The highest BCUT2D eigenvalue weighted by molar-refractivity contribution is 7.15. The maximum absolute atomic E-state index is 5.52. The lowest BCUT2D eigenvalue weighted by Crippen LogP contribution is -1.96. The molecule has 0 N–H and O–H groups in total. The normalized spacial score (nSPS) is 10.9. The van der Waals surface area contributed by atoms with Gasteiger partial charge in [0.1, 0.15) is 0 Å². The number of hydrogen-bond donors (Lipinski definition) is 0. The van der Waals surface area contributed by atoms with Crippen LogP contribution in [0.2, 0.25) is 0 Å². The Morgan fingerprint density at radius 1 is 0.750 bits per heavy atom. The highest BCUT2D eigenvalue weighted by atomic mass is 32.1. The summed E-state index contributed by atoms with van der Waals surface area (Å²) in [5.74, 6) is 1.81. The van der Waals surface area contributed by atoms with E-state index in [1.165, 1.54) is 10.8 Å². The number of benzene rings is 3. The largest absolute Gasteiger partial charge is 0.493 e. The zero-order valence-corrected chi connectivity index (χ0v) is 17.1. The molecule has 0 aliphatic carbocycles. The van der Waals surface area contributed by atoms with Gasteiger partial charge in [-0.15, -0.1) is 11.3 Å². The van der Waals surface area contributed by atoms with Crippen LogP contribution < -0.4 is 14.2 Å². The lowest BCUT2D eigenvalue weighted by molar-refractivity contribution is 0.324. The molecular formula is C23H21NO3S. The number of rotatable bonds is 5. The molecular weight excluding hydrogens is 370 g/mol. The third-order valence-electron chi connectivity index (χ3n) is 4.68. The van der Waals surface area contributed by atoms with Crippen molar-refractivity contribution in [3.05, 3.63) is 59.6 Å². The summed E-state index contributed by atoms with van der Waals surface area (Å²) < 4.78 is 16.5. The summed E-state index contributed by atoms with van der Waals surface area (Å²) in [6, 6.07) is 18.8. The highest BCUT2D eigenvalue weighted by Gasteiger charge is 2.19. The molecule has 1 heterocycles. The molecule has 0 radical (unpaired) electrons. The Morgan fingerprint density at radius 2 is 1.43 bits per heavy atom. The van der Waals surface area contributed by atoms with E-state index >= 15 is 0 Å². The summed E-state index contributed by atoms with van der Waals surface area (Å²) in [6.07, 6.45) is 0. The molecule has 142 valence electrons. The van der Waals surface area contributed by atoms with E-state index in [0.29, 0.717) is 17.2 Å². The van der Waals surface area contributed by atoms with Crippen LogP contribution in [0.15, 0.2) is 54.6 Å². The average molecular weight is 391 g/mol. The molecule has 0 fully saturated rings.